The van der Waals surface area contributed by atoms with Gasteiger partial charge in [-0.25, -0.2) is 0 Å². The van der Waals surface area contributed by atoms with Crippen LogP contribution in [0.5, 0.6) is 0 Å². The van der Waals surface area contributed by atoms with Crippen LogP contribution in [0, 0.1) is 0 Å². The zero-order valence-electron chi connectivity index (χ0n) is 14.4. The Balaban J connectivity index is 0.00000225. The normalized spacial score (nSPS) is 11.2. The molecule has 0 fully saturated rings. The number of hydrogen-bond donors (Lipinski definition) is 2. The molecule has 0 atom stereocenters. The fourth-order valence-corrected chi connectivity index (χ4v) is 2.65. The number of guanidine groups is 1. The van der Waals surface area contributed by atoms with E-state index in [1.165, 1.54) is 11.1 Å². The molecule has 0 spiro atoms. The van der Waals surface area contributed by atoms with Crippen molar-refractivity contribution in [1.82, 2.24) is 25.2 Å². The highest BCUT2D eigenvalue weighted by Gasteiger charge is 2.06. The summed E-state index contributed by atoms with van der Waals surface area (Å²) < 4.78 is 1.96. The summed E-state index contributed by atoms with van der Waals surface area (Å²) in [7, 11) is 1.77. The second kappa shape index (κ2) is 9.36. The van der Waals surface area contributed by atoms with Crippen LogP contribution in [0.3, 0.4) is 0 Å². The summed E-state index contributed by atoms with van der Waals surface area (Å²) >= 11 is 0. The Morgan fingerprint density at radius 3 is 2.48 bits per heavy atom. The summed E-state index contributed by atoms with van der Waals surface area (Å²) in [6.45, 7) is 3.47. The molecule has 0 aliphatic heterocycles. The first kappa shape index (κ1) is 19.2. The highest BCUT2D eigenvalue weighted by Crippen LogP contribution is 2.08. The lowest BCUT2D eigenvalue weighted by molar-refractivity contribution is 0.760. The summed E-state index contributed by atoms with van der Waals surface area (Å²) in [5, 5.41) is 15.0. The third-order valence-electron chi connectivity index (χ3n) is 3.97. The van der Waals surface area contributed by atoms with Gasteiger partial charge in [-0.05, 0) is 29.7 Å². The van der Waals surface area contributed by atoms with Gasteiger partial charge in [0.2, 0.25) is 0 Å². The number of aryl methyl sites for hydroxylation is 1. The molecule has 0 aliphatic rings. The lowest BCUT2D eigenvalue weighted by Crippen LogP contribution is -2.37. The first-order valence-electron chi connectivity index (χ1n) is 8.11. The Morgan fingerprint density at radius 2 is 1.72 bits per heavy atom. The molecular weight excluding hydrogens is 427 g/mol. The SMILES string of the molecule is CCc1ccccc1CNC(=NC)NCc1nnc2ccccn12.I. The van der Waals surface area contributed by atoms with Gasteiger partial charge in [0, 0.05) is 19.8 Å². The number of nitrogens with zero attached hydrogens (tertiary/aromatic N) is 4. The van der Waals surface area contributed by atoms with Crippen LogP contribution in [0.2, 0.25) is 0 Å². The highest BCUT2D eigenvalue weighted by atomic mass is 127. The maximum atomic E-state index is 4.28. The van der Waals surface area contributed by atoms with E-state index in [2.05, 4.69) is 57.0 Å². The van der Waals surface area contributed by atoms with Crippen molar-refractivity contribution in [2.75, 3.05) is 7.05 Å². The van der Waals surface area contributed by atoms with Crippen LogP contribution < -0.4 is 10.6 Å². The van der Waals surface area contributed by atoms with Crippen molar-refractivity contribution in [3.63, 3.8) is 0 Å². The largest absolute Gasteiger partial charge is 0.352 e. The second-order valence-corrected chi connectivity index (χ2v) is 5.45. The molecule has 25 heavy (non-hydrogen) atoms. The van der Waals surface area contributed by atoms with Crippen molar-refractivity contribution in [3.8, 4) is 0 Å². The van der Waals surface area contributed by atoms with Crippen LogP contribution in [-0.2, 0) is 19.5 Å². The van der Waals surface area contributed by atoms with Gasteiger partial charge >= 0.3 is 0 Å². The molecule has 0 unspecified atom stereocenters. The van der Waals surface area contributed by atoms with Crippen molar-refractivity contribution in [1.29, 1.82) is 0 Å². The van der Waals surface area contributed by atoms with Crippen LogP contribution in [-0.4, -0.2) is 27.6 Å². The first-order valence-corrected chi connectivity index (χ1v) is 8.11. The van der Waals surface area contributed by atoms with E-state index in [-0.39, 0.29) is 24.0 Å². The maximum Gasteiger partial charge on any atom is 0.191 e. The second-order valence-electron chi connectivity index (χ2n) is 5.45. The number of pyridine rings is 1. The number of halogens is 1. The van der Waals surface area contributed by atoms with Crippen molar-refractivity contribution < 1.29 is 0 Å². The van der Waals surface area contributed by atoms with Gasteiger partial charge in [-0.2, -0.15) is 0 Å². The summed E-state index contributed by atoms with van der Waals surface area (Å²) in [5.41, 5.74) is 3.48. The van der Waals surface area contributed by atoms with Gasteiger partial charge in [-0.1, -0.05) is 37.3 Å². The van der Waals surface area contributed by atoms with Gasteiger partial charge in [0.1, 0.15) is 0 Å². The number of aliphatic imine (C=N–C) groups is 1. The molecule has 0 amide bonds. The number of nitrogens with one attached hydrogen (secondary N) is 2. The molecule has 2 N–H and O–H groups in total. The predicted octanol–water partition coefficient (Wildman–Crippen LogP) is 2.77. The molecule has 3 rings (SSSR count). The number of aromatic nitrogens is 3. The van der Waals surface area contributed by atoms with Crippen LogP contribution >= 0.6 is 24.0 Å². The Hall–Kier alpha value is -2.16. The Labute approximate surface area is 164 Å². The van der Waals surface area contributed by atoms with Crippen molar-refractivity contribution in [2.45, 2.75) is 26.4 Å². The van der Waals surface area contributed by atoms with Crippen molar-refractivity contribution in [3.05, 3.63) is 65.6 Å². The molecule has 7 heteroatoms. The molecule has 0 saturated carbocycles. The van der Waals surface area contributed by atoms with E-state index in [9.17, 15) is 0 Å². The first-order chi connectivity index (χ1) is 11.8. The van der Waals surface area contributed by atoms with Crippen LogP contribution in [0.4, 0.5) is 0 Å². The van der Waals surface area contributed by atoms with E-state index < -0.39 is 0 Å². The van der Waals surface area contributed by atoms with E-state index in [0.717, 1.165) is 30.4 Å². The third-order valence-corrected chi connectivity index (χ3v) is 3.97. The van der Waals surface area contributed by atoms with E-state index >= 15 is 0 Å². The number of rotatable bonds is 5. The topological polar surface area (TPSA) is 66.6 Å². The molecular formula is C18H23IN6. The molecule has 0 bridgehead atoms. The van der Waals surface area contributed by atoms with Gasteiger partial charge in [0.25, 0.3) is 0 Å². The number of fused-ring (bicyclic) bond motifs is 1. The standard InChI is InChI=1S/C18H22N6.HI/c1-3-14-8-4-5-9-15(14)12-20-18(19-2)21-13-17-23-22-16-10-6-7-11-24(16)17;/h4-11H,3,12-13H2,1-2H3,(H2,19,20,21);1H. The zero-order valence-corrected chi connectivity index (χ0v) is 16.8. The van der Waals surface area contributed by atoms with E-state index in [1.807, 2.05) is 28.8 Å². The van der Waals surface area contributed by atoms with Gasteiger partial charge in [-0.15, -0.1) is 34.2 Å². The number of hydrogen-bond acceptors (Lipinski definition) is 3. The van der Waals surface area contributed by atoms with E-state index in [4.69, 9.17) is 0 Å². The minimum atomic E-state index is 0. The summed E-state index contributed by atoms with van der Waals surface area (Å²) in [5.74, 6) is 1.59. The number of benzene rings is 1. The molecule has 3 aromatic rings. The lowest BCUT2D eigenvalue weighted by Gasteiger charge is -2.13. The monoisotopic (exact) mass is 450 g/mol. The van der Waals surface area contributed by atoms with Gasteiger partial charge in [0.05, 0.1) is 6.54 Å². The molecule has 2 heterocycles. The predicted molar refractivity (Wildman–Crippen MR) is 111 cm³/mol. The fraction of sp³-hybridized carbons (Fsp3) is 0.278. The molecule has 0 radical (unpaired) electrons. The smallest absolute Gasteiger partial charge is 0.191 e. The minimum absolute atomic E-state index is 0. The summed E-state index contributed by atoms with van der Waals surface area (Å²) in [6.07, 6.45) is 2.98. The van der Waals surface area contributed by atoms with Crippen LogP contribution in [0.15, 0.2) is 53.7 Å². The zero-order chi connectivity index (χ0) is 16.8. The molecule has 132 valence electrons. The summed E-state index contributed by atoms with van der Waals surface area (Å²) in [6, 6.07) is 14.3. The summed E-state index contributed by atoms with van der Waals surface area (Å²) in [4.78, 5) is 4.28. The fourth-order valence-electron chi connectivity index (χ4n) is 2.65. The Morgan fingerprint density at radius 1 is 1.00 bits per heavy atom. The quantitative estimate of drug-likeness (QED) is 0.357. The average molecular weight is 450 g/mol. The molecule has 6 nitrogen and oxygen atoms in total. The van der Waals surface area contributed by atoms with E-state index in [1.54, 1.807) is 7.05 Å². The van der Waals surface area contributed by atoms with Crippen LogP contribution in [0.1, 0.15) is 23.9 Å². The van der Waals surface area contributed by atoms with Gasteiger partial charge in [-0.3, -0.25) is 9.39 Å². The molecule has 1 aromatic carbocycles. The van der Waals surface area contributed by atoms with Crippen LogP contribution in [0.25, 0.3) is 5.65 Å². The Kier molecular flexibility index (Phi) is 7.17. The van der Waals surface area contributed by atoms with Gasteiger partial charge in [0.15, 0.2) is 17.4 Å². The molecule has 2 aromatic heterocycles. The molecule has 0 aliphatic carbocycles. The van der Waals surface area contributed by atoms with Crippen molar-refractivity contribution in [2.24, 2.45) is 4.99 Å². The highest BCUT2D eigenvalue weighted by molar-refractivity contribution is 14.0. The average Bonchev–Trinajstić information content (AvgIpc) is 3.05. The van der Waals surface area contributed by atoms with Gasteiger partial charge < -0.3 is 10.6 Å². The Bertz CT molecular complexity index is 842. The van der Waals surface area contributed by atoms with Crippen molar-refractivity contribution >= 4 is 35.6 Å². The molecule has 0 saturated heterocycles. The minimum Gasteiger partial charge on any atom is -0.352 e. The van der Waals surface area contributed by atoms with E-state index in [0.29, 0.717) is 6.54 Å². The lowest BCUT2D eigenvalue weighted by atomic mass is 10.1. The third kappa shape index (κ3) is 4.68. The maximum absolute atomic E-state index is 4.28.